The van der Waals surface area contributed by atoms with Gasteiger partial charge in [0, 0.05) is 25.4 Å². The molecule has 4 nitrogen and oxygen atoms in total. The van der Waals surface area contributed by atoms with Gasteiger partial charge in [0.2, 0.25) is 5.91 Å². The summed E-state index contributed by atoms with van der Waals surface area (Å²) in [5.41, 5.74) is 1.61. The summed E-state index contributed by atoms with van der Waals surface area (Å²) in [6.07, 6.45) is 5.08. The third kappa shape index (κ3) is 4.36. The molecule has 0 spiro atoms. The Balaban J connectivity index is 1.48. The minimum Gasteiger partial charge on any atom is -0.493 e. The lowest BCUT2D eigenvalue weighted by Crippen LogP contribution is -2.24. The van der Waals surface area contributed by atoms with Crippen LogP contribution in [0.25, 0.3) is 0 Å². The van der Waals surface area contributed by atoms with E-state index in [1.807, 2.05) is 18.2 Å². The fraction of sp³-hybridized carbons (Fsp3) is 0.435. The van der Waals surface area contributed by atoms with Crippen molar-refractivity contribution in [3.8, 4) is 11.5 Å². The normalized spacial score (nSPS) is 19.8. The standard InChI is InChI=1S/C23H25F2NO3/c1-28-21-9-7-16(11-22(21)29-18-4-2-3-5-18)17-12-23(27)26(14-17)13-15-6-8-19(24)20(25)10-15/h6-11,17-18H,2-5,12-14H2,1H3/t17-/m1/s1. The van der Waals surface area contributed by atoms with Gasteiger partial charge in [-0.3, -0.25) is 4.79 Å². The zero-order valence-electron chi connectivity index (χ0n) is 16.5. The fourth-order valence-electron chi connectivity index (χ4n) is 4.23. The summed E-state index contributed by atoms with van der Waals surface area (Å²) in [7, 11) is 1.62. The van der Waals surface area contributed by atoms with Crippen molar-refractivity contribution in [2.75, 3.05) is 13.7 Å². The van der Waals surface area contributed by atoms with Gasteiger partial charge in [-0.05, 0) is 61.1 Å². The highest BCUT2D eigenvalue weighted by Gasteiger charge is 2.31. The van der Waals surface area contributed by atoms with Gasteiger partial charge in [-0.25, -0.2) is 8.78 Å². The summed E-state index contributed by atoms with van der Waals surface area (Å²) in [6, 6.07) is 9.60. The molecule has 29 heavy (non-hydrogen) atoms. The number of ether oxygens (including phenoxy) is 2. The molecule has 2 aromatic rings. The molecule has 4 rings (SSSR count). The highest BCUT2D eigenvalue weighted by atomic mass is 19.2. The number of hydrogen-bond donors (Lipinski definition) is 0. The minimum atomic E-state index is -0.894. The van der Waals surface area contributed by atoms with Crippen LogP contribution in [0.3, 0.4) is 0 Å². The van der Waals surface area contributed by atoms with E-state index in [-0.39, 0.29) is 24.5 Å². The highest BCUT2D eigenvalue weighted by Crippen LogP contribution is 2.37. The number of carbonyl (C=O) groups is 1. The van der Waals surface area contributed by atoms with E-state index in [1.54, 1.807) is 12.0 Å². The van der Waals surface area contributed by atoms with E-state index in [2.05, 4.69) is 0 Å². The third-order valence-electron chi connectivity index (χ3n) is 5.83. The van der Waals surface area contributed by atoms with Crippen molar-refractivity contribution >= 4 is 5.91 Å². The van der Waals surface area contributed by atoms with Crippen molar-refractivity contribution < 1.29 is 23.0 Å². The Hall–Kier alpha value is -2.63. The van der Waals surface area contributed by atoms with Crippen LogP contribution in [0.1, 0.15) is 49.1 Å². The monoisotopic (exact) mass is 401 g/mol. The van der Waals surface area contributed by atoms with Crippen LogP contribution in [-0.2, 0) is 11.3 Å². The first-order valence-electron chi connectivity index (χ1n) is 10.1. The summed E-state index contributed by atoms with van der Waals surface area (Å²) < 4.78 is 38.2. The van der Waals surface area contributed by atoms with Crippen molar-refractivity contribution in [1.29, 1.82) is 0 Å². The molecule has 2 fully saturated rings. The lowest BCUT2D eigenvalue weighted by Gasteiger charge is -2.19. The molecule has 0 N–H and O–H groups in total. The summed E-state index contributed by atoms with van der Waals surface area (Å²) in [6.45, 7) is 0.807. The van der Waals surface area contributed by atoms with E-state index in [9.17, 15) is 13.6 Å². The average molecular weight is 401 g/mol. The SMILES string of the molecule is COc1ccc([C@@H]2CC(=O)N(Cc3ccc(F)c(F)c3)C2)cc1OC1CCCC1. The number of halogens is 2. The molecule has 1 amide bonds. The predicted molar refractivity (Wildman–Crippen MR) is 105 cm³/mol. The second-order valence-electron chi connectivity index (χ2n) is 7.86. The number of likely N-dealkylation sites (tertiary alicyclic amines) is 1. The number of hydrogen-bond acceptors (Lipinski definition) is 3. The average Bonchev–Trinajstić information content (AvgIpc) is 3.35. The highest BCUT2D eigenvalue weighted by molar-refractivity contribution is 5.79. The predicted octanol–water partition coefficient (Wildman–Crippen LogP) is 4.81. The van der Waals surface area contributed by atoms with Crippen LogP contribution in [0, 0.1) is 11.6 Å². The van der Waals surface area contributed by atoms with E-state index in [0.717, 1.165) is 36.3 Å². The van der Waals surface area contributed by atoms with Crippen LogP contribution in [-0.4, -0.2) is 30.6 Å². The maximum Gasteiger partial charge on any atom is 0.223 e. The fourth-order valence-corrected chi connectivity index (χ4v) is 4.23. The maximum absolute atomic E-state index is 13.5. The number of carbonyl (C=O) groups excluding carboxylic acids is 1. The molecule has 6 heteroatoms. The lowest BCUT2D eigenvalue weighted by atomic mass is 9.98. The van der Waals surface area contributed by atoms with Crippen LogP contribution in [0.2, 0.25) is 0 Å². The largest absolute Gasteiger partial charge is 0.493 e. The second-order valence-corrected chi connectivity index (χ2v) is 7.86. The van der Waals surface area contributed by atoms with Crippen LogP contribution >= 0.6 is 0 Å². The van der Waals surface area contributed by atoms with Crippen molar-refractivity contribution in [2.24, 2.45) is 0 Å². The van der Waals surface area contributed by atoms with Crippen LogP contribution < -0.4 is 9.47 Å². The van der Waals surface area contributed by atoms with Crippen LogP contribution in [0.15, 0.2) is 36.4 Å². The molecule has 2 aromatic carbocycles. The van der Waals surface area contributed by atoms with E-state index in [4.69, 9.17) is 9.47 Å². The molecular formula is C23H25F2NO3. The van der Waals surface area contributed by atoms with Gasteiger partial charge in [0.05, 0.1) is 13.2 Å². The summed E-state index contributed by atoms with van der Waals surface area (Å²) in [5.74, 6) is -0.313. The minimum absolute atomic E-state index is 0.00816. The van der Waals surface area contributed by atoms with Crippen molar-refractivity contribution in [3.63, 3.8) is 0 Å². The molecule has 154 valence electrons. The third-order valence-corrected chi connectivity index (χ3v) is 5.83. The first-order valence-corrected chi connectivity index (χ1v) is 10.1. The first-order chi connectivity index (χ1) is 14.0. The van der Waals surface area contributed by atoms with Gasteiger partial charge < -0.3 is 14.4 Å². The second kappa shape index (κ2) is 8.39. The number of amides is 1. The Kier molecular flexibility index (Phi) is 5.69. The number of methoxy groups -OCH3 is 1. The zero-order chi connectivity index (χ0) is 20.4. The van der Waals surface area contributed by atoms with Gasteiger partial charge in [0.25, 0.3) is 0 Å². The molecule has 0 unspecified atom stereocenters. The van der Waals surface area contributed by atoms with Crippen molar-refractivity contribution in [1.82, 2.24) is 4.90 Å². The van der Waals surface area contributed by atoms with Crippen molar-refractivity contribution in [3.05, 3.63) is 59.2 Å². The van der Waals surface area contributed by atoms with Gasteiger partial charge in [-0.15, -0.1) is 0 Å². The molecule has 0 aromatic heterocycles. The maximum atomic E-state index is 13.5. The molecule has 1 atom stereocenters. The summed E-state index contributed by atoms with van der Waals surface area (Å²) >= 11 is 0. The van der Waals surface area contributed by atoms with Gasteiger partial charge in [-0.1, -0.05) is 12.1 Å². The van der Waals surface area contributed by atoms with E-state index in [1.165, 1.54) is 18.9 Å². The van der Waals surface area contributed by atoms with Crippen molar-refractivity contribution in [2.45, 2.75) is 50.7 Å². The van der Waals surface area contributed by atoms with Crippen LogP contribution in [0.5, 0.6) is 11.5 Å². The Morgan fingerprint density at radius 1 is 1.03 bits per heavy atom. The molecule has 2 aliphatic rings. The van der Waals surface area contributed by atoms with Crippen LogP contribution in [0.4, 0.5) is 8.78 Å². The molecule has 1 saturated carbocycles. The Morgan fingerprint density at radius 3 is 2.55 bits per heavy atom. The quantitative estimate of drug-likeness (QED) is 0.697. The summed E-state index contributed by atoms with van der Waals surface area (Å²) in [5, 5.41) is 0. The molecular weight excluding hydrogens is 376 g/mol. The lowest BCUT2D eigenvalue weighted by molar-refractivity contribution is -0.128. The first kappa shape index (κ1) is 19.7. The van der Waals surface area contributed by atoms with Gasteiger partial charge in [0.1, 0.15) is 0 Å². The zero-order valence-corrected chi connectivity index (χ0v) is 16.5. The number of benzene rings is 2. The molecule has 0 bridgehead atoms. The number of nitrogens with zero attached hydrogens (tertiary/aromatic N) is 1. The van der Waals surface area contributed by atoms with E-state index >= 15 is 0 Å². The summed E-state index contributed by atoms with van der Waals surface area (Å²) in [4.78, 5) is 14.2. The van der Waals surface area contributed by atoms with E-state index < -0.39 is 11.6 Å². The van der Waals surface area contributed by atoms with Gasteiger partial charge in [0.15, 0.2) is 23.1 Å². The Labute approximate surface area is 169 Å². The molecule has 1 aliphatic carbocycles. The van der Waals surface area contributed by atoms with E-state index in [0.29, 0.717) is 24.3 Å². The number of rotatable bonds is 6. The Morgan fingerprint density at radius 2 is 1.83 bits per heavy atom. The Bertz CT molecular complexity index is 896. The topological polar surface area (TPSA) is 38.8 Å². The van der Waals surface area contributed by atoms with Gasteiger partial charge >= 0.3 is 0 Å². The molecule has 0 radical (unpaired) electrons. The molecule has 1 saturated heterocycles. The van der Waals surface area contributed by atoms with Gasteiger partial charge in [-0.2, -0.15) is 0 Å². The smallest absolute Gasteiger partial charge is 0.223 e. The molecule has 1 heterocycles. The molecule has 1 aliphatic heterocycles.